The van der Waals surface area contributed by atoms with Crippen LogP contribution in [0.4, 0.5) is 43.8 Å². The maximum Gasteiger partial charge on any atom is 0.434 e. The van der Waals surface area contributed by atoms with E-state index in [2.05, 4.69) is 72.8 Å². The van der Waals surface area contributed by atoms with Gasteiger partial charge in [-0.05, 0) is 70.0 Å². The van der Waals surface area contributed by atoms with Crippen LogP contribution in [0.5, 0.6) is 0 Å². The van der Waals surface area contributed by atoms with Gasteiger partial charge in [0, 0.05) is 47.8 Å². The normalized spacial score (nSPS) is 12.0. The van der Waals surface area contributed by atoms with E-state index < -0.39 is 59.0 Å². The van der Waals surface area contributed by atoms with Crippen molar-refractivity contribution in [3.05, 3.63) is 133 Å². The number of rotatable bonds is 9. The summed E-state index contributed by atoms with van der Waals surface area (Å²) in [5.41, 5.74) is -2.93. The van der Waals surface area contributed by atoms with Crippen molar-refractivity contribution in [3.8, 4) is 0 Å². The first-order valence-electron chi connectivity index (χ1n) is 19.3. The fraction of sp³-hybridized carbons (Fsp3) is 0.282. The number of carbonyl (C=O) groups is 2. The summed E-state index contributed by atoms with van der Waals surface area (Å²) in [6.07, 6.45) is -6.03. The molecule has 2 amide bonds. The van der Waals surface area contributed by atoms with Gasteiger partial charge in [-0.2, -0.15) is 26.3 Å². The van der Waals surface area contributed by atoms with Crippen LogP contribution < -0.4 is 33.1 Å². The average Bonchev–Trinajstić information content (AvgIpc) is 4.12. The van der Waals surface area contributed by atoms with E-state index in [4.69, 9.17) is 20.6 Å². The second kappa shape index (κ2) is 20.7. The minimum absolute atomic E-state index is 0.0384. The second-order valence-corrected chi connectivity index (χ2v) is 16.4. The number of imidazole rings is 1. The van der Waals surface area contributed by atoms with Crippen LogP contribution in [0, 0.1) is 13.8 Å². The number of halogens is 9. The number of anilines is 2. The first kappa shape index (κ1) is 51.4. The first-order valence-corrected chi connectivity index (χ1v) is 21.5. The number of amides is 2. The molecular weight excluding hydrogens is 1090 g/mol. The molecule has 0 unspecified atom stereocenters. The summed E-state index contributed by atoms with van der Waals surface area (Å²) in [5, 5.41) is 12.0. The number of carbonyl (C=O) groups excluding carboxylic acids is 2. The summed E-state index contributed by atoms with van der Waals surface area (Å²) in [6, 6.07) is 7.97. The molecule has 0 aromatic carbocycles. The smallest absolute Gasteiger partial charge is 0.361 e. The van der Waals surface area contributed by atoms with Crippen molar-refractivity contribution in [1.82, 2.24) is 48.1 Å². The maximum absolute atomic E-state index is 13.1. The zero-order chi connectivity index (χ0) is 50.7. The molecule has 0 fully saturated rings. The van der Waals surface area contributed by atoms with Gasteiger partial charge in [0.05, 0.1) is 25.0 Å². The summed E-state index contributed by atoms with van der Waals surface area (Å²) in [7, 11) is 3.02. The molecule has 7 aromatic heterocycles. The molecule has 0 bridgehead atoms. The van der Waals surface area contributed by atoms with Gasteiger partial charge < -0.3 is 24.2 Å². The number of hydrogen-bond acceptors (Lipinski definition) is 14. The summed E-state index contributed by atoms with van der Waals surface area (Å²) in [6.45, 7) is 2.89. The Morgan fingerprint density at radius 3 is 1.72 bits per heavy atom. The lowest BCUT2D eigenvalue weighted by Crippen LogP contribution is -2.40. The van der Waals surface area contributed by atoms with Gasteiger partial charge in [0.1, 0.15) is 52.8 Å². The van der Waals surface area contributed by atoms with E-state index >= 15 is 0 Å². The van der Waals surface area contributed by atoms with Crippen molar-refractivity contribution in [1.29, 1.82) is 0 Å². The van der Waals surface area contributed by atoms with E-state index in [0.717, 1.165) is 25.8 Å². The molecule has 0 saturated carbocycles. The molecule has 7 aromatic rings. The molecule has 69 heavy (non-hydrogen) atoms. The Balaban J connectivity index is 0.000000188. The molecule has 1 aliphatic heterocycles. The lowest BCUT2D eigenvalue weighted by Gasteiger charge is -2.11. The van der Waals surface area contributed by atoms with Crippen molar-refractivity contribution in [2.24, 2.45) is 19.1 Å². The van der Waals surface area contributed by atoms with Crippen LogP contribution in [0.3, 0.4) is 0 Å². The number of nitrogens with one attached hydrogen (secondary N) is 2. The van der Waals surface area contributed by atoms with Crippen molar-refractivity contribution in [3.63, 3.8) is 0 Å². The van der Waals surface area contributed by atoms with Crippen LogP contribution in [0.1, 0.15) is 39.9 Å². The zero-order valence-electron chi connectivity index (χ0n) is 35.7. The highest BCUT2D eigenvalue weighted by atomic mass is 79.9. The molecule has 30 heteroatoms. The average molecular weight is 1120 g/mol. The Labute approximate surface area is 402 Å². The molecule has 0 atom stereocenters. The molecule has 8 rings (SSSR count). The number of aromatic nitrogens is 10. The van der Waals surface area contributed by atoms with Gasteiger partial charge in [0.25, 0.3) is 11.1 Å². The summed E-state index contributed by atoms with van der Waals surface area (Å²) >= 11 is 10.7. The second-order valence-electron chi connectivity index (χ2n) is 14.5. The molecule has 21 nitrogen and oxygen atoms in total. The number of nitrogens with zero attached hydrogens (tertiary/aromatic N) is 11. The highest BCUT2D eigenvalue weighted by molar-refractivity contribution is 9.10. The Hall–Kier alpha value is -7.01. The number of hydrogen-bond donors (Lipinski definition) is 2. The number of fused-ring (bicyclic) bond motifs is 2. The summed E-state index contributed by atoms with van der Waals surface area (Å²) in [4.78, 5) is 88.3. The number of pyridine rings is 2. The van der Waals surface area contributed by atoms with Gasteiger partial charge in [-0.15, -0.1) is 11.6 Å². The van der Waals surface area contributed by atoms with Gasteiger partial charge in [0.15, 0.2) is 22.6 Å². The van der Waals surface area contributed by atoms with E-state index in [1.165, 1.54) is 34.6 Å². The van der Waals surface area contributed by atoms with Gasteiger partial charge in [0.2, 0.25) is 11.8 Å². The van der Waals surface area contributed by atoms with Crippen molar-refractivity contribution in [2.45, 2.75) is 52.3 Å². The van der Waals surface area contributed by atoms with Crippen LogP contribution in [0.15, 0.2) is 84.9 Å². The van der Waals surface area contributed by atoms with Crippen molar-refractivity contribution >= 4 is 90.1 Å². The Morgan fingerprint density at radius 1 is 0.754 bits per heavy atom. The molecule has 0 radical (unpaired) electrons. The standard InChI is InChI=1S/C19H15BrF3N7O4.C12H12N4O3.C8H5BrClF3N2O/c1-9-5-10(27-34-9)6-30-17(32)14-16(28(2)18(30)33)24-8-29(14)7-13(31)25-12-4-3-11(20)15(26-12)19(21,22)23;1-7-5-8(14-19-7)6-16-11(17)9-3-4-13-10(9)15(2)12(16)18;9-4-1-2-5(14-6(16)3-10)15-7(4)8(11,12)13/h3-5,8H,6-7H2,1-2H3,(H,25,26,31);4-5H,3,6H2,1-2H3;1-2H,3H2,(H,14,15,16). The fourth-order valence-corrected chi connectivity index (χ4v) is 7.31. The molecule has 364 valence electrons. The zero-order valence-corrected chi connectivity index (χ0v) is 39.7. The van der Waals surface area contributed by atoms with Gasteiger partial charge >= 0.3 is 23.7 Å². The molecule has 8 heterocycles. The minimum atomic E-state index is -4.72. The molecule has 0 aliphatic carbocycles. The van der Waals surface area contributed by atoms with Gasteiger partial charge in [-0.1, -0.05) is 10.3 Å². The van der Waals surface area contributed by atoms with Gasteiger partial charge in [-0.25, -0.2) is 29.5 Å². The Bertz CT molecular complexity index is 3390. The summed E-state index contributed by atoms with van der Waals surface area (Å²) < 4.78 is 91.7. The topological polar surface area (TPSA) is 254 Å². The third-order valence-corrected chi connectivity index (χ3v) is 10.9. The van der Waals surface area contributed by atoms with Crippen molar-refractivity contribution < 1.29 is 45.0 Å². The number of aryl methyl sites for hydroxylation is 3. The maximum atomic E-state index is 13.1. The largest absolute Gasteiger partial charge is 0.434 e. The molecule has 2 N–H and O–H groups in total. The molecular formula is C39H32Br2ClF6N13O8. The Kier molecular flexibility index (Phi) is 15.4. The number of alkyl halides is 7. The number of aliphatic imine (C=N–C) groups is 1. The van der Waals surface area contributed by atoms with Crippen LogP contribution in [0.25, 0.3) is 11.2 Å². The third-order valence-electron chi connectivity index (χ3n) is 9.41. The first-order chi connectivity index (χ1) is 32.4. The van der Waals surface area contributed by atoms with E-state index in [-0.39, 0.29) is 56.3 Å². The lowest BCUT2D eigenvalue weighted by molar-refractivity contribution is -0.142. The SMILES string of the molecule is Cc1cc(Cn2c(=O)c3c(n(C)c2=O)N=CC3)no1.Cc1cc(Cn2c(=O)c3c(ncn3CC(=O)Nc3ccc(Br)c(C(F)(F)F)n3)n(C)c2=O)no1.O=C(CCl)Nc1ccc(Br)c(C(F)(F)F)n1. The summed E-state index contributed by atoms with van der Waals surface area (Å²) in [5.74, 6) is -0.653. The van der Waals surface area contributed by atoms with Crippen LogP contribution in [-0.4, -0.2) is 72.0 Å². The Morgan fingerprint density at radius 2 is 1.25 bits per heavy atom. The fourth-order valence-electron chi connectivity index (χ4n) is 6.35. The predicted octanol–water partition coefficient (Wildman–Crippen LogP) is 5.25. The van der Waals surface area contributed by atoms with E-state index in [1.54, 1.807) is 39.2 Å². The van der Waals surface area contributed by atoms with E-state index in [9.17, 15) is 55.1 Å². The predicted molar refractivity (Wildman–Crippen MR) is 240 cm³/mol. The molecule has 0 spiro atoms. The monoisotopic (exact) mass is 1120 g/mol. The van der Waals surface area contributed by atoms with Crippen LogP contribution in [0.2, 0.25) is 0 Å². The lowest BCUT2D eigenvalue weighted by atomic mass is 10.2. The van der Waals surface area contributed by atoms with Crippen molar-refractivity contribution in [2.75, 3.05) is 16.5 Å². The van der Waals surface area contributed by atoms with E-state index in [0.29, 0.717) is 40.7 Å². The highest BCUT2D eigenvalue weighted by Crippen LogP contribution is 2.35. The van der Waals surface area contributed by atoms with Crippen LogP contribution >= 0.6 is 43.5 Å². The molecule has 1 aliphatic rings. The van der Waals surface area contributed by atoms with E-state index in [1.807, 2.05) is 0 Å². The van der Waals surface area contributed by atoms with Gasteiger partial charge in [-0.3, -0.25) is 37.4 Å². The quantitative estimate of drug-likeness (QED) is 0.139. The third kappa shape index (κ3) is 11.8. The molecule has 0 saturated heterocycles. The highest BCUT2D eigenvalue weighted by Gasteiger charge is 2.36. The minimum Gasteiger partial charge on any atom is -0.361 e. The van der Waals surface area contributed by atoms with Crippen LogP contribution in [-0.2, 0) is 62.1 Å².